The number of carbonyl (C=O) groups excluding carboxylic acids is 1. The summed E-state index contributed by atoms with van der Waals surface area (Å²) >= 11 is 11.8. The quantitative estimate of drug-likeness (QED) is 0.718. The molecule has 1 heterocycles. The van der Waals surface area contributed by atoms with Crippen LogP contribution in [0, 0.1) is 0 Å². The summed E-state index contributed by atoms with van der Waals surface area (Å²) in [6, 6.07) is 14.7. The van der Waals surface area contributed by atoms with Gasteiger partial charge in [0.25, 0.3) is 0 Å². The molecule has 0 fully saturated rings. The van der Waals surface area contributed by atoms with Crippen LogP contribution in [-0.2, 0) is 17.8 Å². The van der Waals surface area contributed by atoms with Gasteiger partial charge in [-0.15, -0.1) is 10.2 Å². The number of amides is 1. The van der Waals surface area contributed by atoms with E-state index in [2.05, 4.69) is 20.7 Å². The first-order valence-corrected chi connectivity index (χ1v) is 8.40. The number of nitrogens with zero attached hydrogens (tertiary/aromatic N) is 4. The molecule has 0 aliphatic rings. The number of nitrogens with one attached hydrogen (secondary N) is 1. The second-order valence-electron chi connectivity index (χ2n) is 5.38. The summed E-state index contributed by atoms with van der Waals surface area (Å²) in [5.41, 5.74) is 1.86. The molecule has 0 aliphatic heterocycles. The summed E-state index contributed by atoms with van der Waals surface area (Å²) in [7, 11) is 0. The lowest BCUT2D eigenvalue weighted by molar-refractivity contribution is -0.122. The molecule has 25 heavy (non-hydrogen) atoms. The number of hydrogen-bond donors (Lipinski definition) is 1. The Morgan fingerprint density at radius 2 is 1.88 bits per heavy atom. The predicted molar refractivity (Wildman–Crippen MR) is 96.4 cm³/mol. The Bertz CT molecular complexity index is 863. The monoisotopic (exact) mass is 375 g/mol. The van der Waals surface area contributed by atoms with E-state index >= 15 is 0 Å². The van der Waals surface area contributed by atoms with Crippen molar-refractivity contribution in [1.29, 1.82) is 0 Å². The third kappa shape index (κ3) is 5.01. The molecule has 6 nitrogen and oxygen atoms in total. The standard InChI is InChI=1S/C17H15Cl2N5O/c18-14-6-4-12(5-7-14)8-9-20-16(25)11-24-22-17(21-23-24)13-2-1-3-15(19)10-13/h1-7,10H,8-9,11H2,(H,20,25). The SMILES string of the molecule is O=C(Cn1nnc(-c2cccc(Cl)c2)n1)NCCc1ccc(Cl)cc1. The van der Waals surface area contributed by atoms with Crippen molar-refractivity contribution in [3.63, 3.8) is 0 Å². The number of aromatic nitrogens is 4. The van der Waals surface area contributed by atoms with Crippen LogP contribution in [0.5, 0.6) is 0 Å². The Hall–Kier alpha value is -2.44. The zero-order valence-corrected chi connectivity index (χ0v) is 14.7. The lowest BCUT2D eigenvalue weighted by Gasteiger charge is -2.04. The fraction of sp³-hybridized carbons (Fsp3) is 0.176. The van der Waals surface area contributed by atoms with Gasteiger partial charge in [0.2, 0.25) is 11.7 Å². The number of halogens is 2. The molecule has 8 heteroatoms. The first kappa shape index (κ1) is 17.4. The van der Waals surface area contributed by atoms with Gasteiger partial charge >= 0.3 is 0 Å². The van der Waals surface area contributed by atoms with E-state index in [-0.39, 0.29) is 12.5 Å². The highest BCUT2D eigenvalue weighted by atomic mass is 35.5. The Kier molecular flexibility index (Phi) is 5.63. The molecule has 128 valence electrons. The highest BCUT2D eigenvalue weighted by Gasteiger charge is 2.09. The van der Waals surface area contributed by atoms with Gasteiger partial charge in [-0.25, -0.2) is 0 Å². The van der Waals surface area contributed by atoms with Crippen LogP contribution >= 0.6 is 23.2 Å². The number of rotatable bonds is 6. The van der Waals surface area contributed by atoms with Crippen molar-refractivity contribution in [1.82, 2.24) is 25.5 Å². The molecular weight excluding hydrogens is 361 g/mol. The summed E-state index contributed by atoms with van der Waals surface area (Å²) in [6.45, 7) is 0.532. The normalized spacial score (nSPS) is 10.6. The van der Waals surface area contributed by atoms with Gasteiger partial charge in [0.15, 0.2) is 0 Å². The third-order valence-electron chi connectivity index (χ3n) is 3.47. The van der Waals surface area contributed by atoms with E-state index in [0.29, 0.717) is 22.4 Å². The number of carbonyl (C=O) groups is 1. The lowest BCUT2D eigenvalue weighted by atomic mass is 10.1. The van der Waals surface area contributed by atoms with Crippen LogP contribution in [-0.4, -0.2) is 32.7 Å². The van der Waals surface area contributed by atoms with Crippen molar-refractivity contribution >= 4 is 29.1 Å². The predicted octanol–water partition coefficient (Wildman–Crippen LogP) is 3.01. The second kappa shape index (κ2) is 8.09. The molecule has 0 aliphatic carbocycles. The smallest absolute Gasteiger partial charge is 0.243 e. The van der Waals surface area contributed by atoms with E-state index in [4.69, 9.17) is 23.2 Å². The molecule has 3 aromatic rings. The molecule has 0 saturated carbocycles. The summed E-state index contributed by atoms with van der Waals surface area (Å²) in [4.78, 5) is 13.2. The minimum absolute atomic E-state index is 0.00812. The topological polar surface area (TPSA) is 72.7 Å². The van der Waals surface area contributed by atoms with E-state index in [1.165, 1.54) is 4.80 Å². The molecule has 0 atom stereocenters. The maximum Gasteiger partial charge on any atom is 0.243 e. The van der Waals surface area contributed by atoms with Crippen molar-refractivity contribution in [2.24, 2.45) is 0 Å². The summed E-state index contributed by atoms with van der Waals surface area (Å²) in [5, 5.41) is 16.2. The Morgan fingerprint density at radius 3 is 2.64 bits per heavy atom. The van der Waals surface area contributed by atoms with Gasteiger partial charge in [-0.1, -0.05) is 47.5 Å². The molecule has 0 bridgehead atoms. The first-order valence-electron chi connectivity index (χ1n) is 7.65. The molecule has 1 N–H and O–H groups in total. The fourth-order valence-corrected chi connectivity index (χ4v) is 2.55. The van der Waals surface area contributed by atoms with Gasteiger partial charge in [0, 0.05) is 22.2 Å². The Labute approximate surface area is 154 Å². The molecule has 1 amide bonds. The summed E-state index contributed by atoms with van der Waals surface area (Å²) in [5.74, 6) is 0.250. The summed E-state index contributed by atoms with van der Waals surface area (Å²) < 4.78 is 0. The highest BCUT2D eigenvalue weighted by Crippen LogP contribution is 2.18. The second-order valence-corrected chi connectivity index (χ2v) is 6.25. The number of benzene rings is 2. The molecule has 0 unspecified atom stereocenters. The molecule has 0 radical (unpaired) electrons. The van der Waals surface area contributed by atoms with E-state index in [1.54, 1.807) is 12.1 Å². The third-order valence-corrected chi connectivity index (χ3v) is 3.96. The van der Waals surface area contributed by atoms with Crippen LogP contribution in [0.3, 0.4) is 0 Å². The summed E-state index contributed by atoms with van der Waals surface area (Å²) in [6.07, 6.45) is 0.724. The van der Waals surface area contributed by atoms with Gasteiger partial charge in [-0.05, 0) is 41.5 Å². The lowest BCUT2D eigenvalue weighted by Crippen LogP contribution is -2.30. The van der Waals surface area contributed by atoms with Crippen LogP contribution in [0.15, 0.2) is 48.5 Å². The van der Waals surface area contributed by atoms with Gasteiger partial charge in [-0.3, -0.25) is 4.79 Å². The van der Waals surface area contributed by atoms with Gasteiger partial charge in [0.05, 0.1) is 0 Å². The van der Waals surface area contributed by atoms with Crippen molar-refractivity contribution in [2.75, 3.05) is 6.54 Å². The molecule has 1 aromatic heterocycles. The van der Waals surface area contributed by atoms with Crippen LogP contribution in [0.1, 0.15) is 5.56 Å². The van der Waals surface area contributed by atoms with Crippen molar-refractivity contribution in [3.05, 3.63) is 64.1 Å². The van der Waals surface area contributed by atoms with Gasteiger partial charge in [-0.2, -0.15) is 4.80 Å². The van der Waals surface area contributed by atoms with Gasteiger partial charge in [0.1, 0.15) is 6.54 Å². The first-order chi connectivity index (χ1) is 12.1. The fourth-order valence-electron chi connectivity index (χ4n) is 2.24. The Morgan fingerprint density at radius 1 is 1.08 bits per heavy atom. The largest absolute Gasteiger partial charge is 0.354 e. The van der Waals surface area contributed by atoms with E-state index in [1.807, 2.05) is 36.4 Å². The maximum atomic E-state index is 12.0. The van der Waals surface area contributed by atoms with E-state index < -0.39 is 0 Å². The van der Waals surface area contributed by atoms with Crippen LogP contribution in [0.4, 0.5) is 0 Å². The molecule has 2 aromatic carbocycles. The minimum Gasteiger partial charge on any atom is -0.354 e. The minimum atomic E-state index is -0.177. The van der Waals surface area contributed by atoms with E-state index in [9.17, 15) is 4.79 Å². The average Bonchev–Trinajstić information content (AvgIpc) is 3.05. The molecule has 3 rings (SSSR count). The van der Waals surface area contributed by atoms with Crippen LogP contribution in [0.25, 0.3) is 11.4 Å². The average molecular weight is 376 g/mol. The number of hydrogen-bond acceptors (Lipinski definition) is 4. The van der Waals surface area contributed by atoms with E-state index in [0.717, 1.165) is 17.5 Å². The number of tetrazole rings is 1. The molecular formula is C17H15Cl2N5O. The maximum absolute atomic E-state index is 12.0. The van der Waals surface area contributed by atoms with Crippen molar-refractivity contribution < 1.29 is 4.79 Å². The van der Waals surface area contributed by atoms with Crippen LogP contribution in [0.2, 0.25) is 10.0 Å². The van der Waals surface area contributed by atoms with Crippen molar-refractivity contribution in [3.8, 4) is 11.4 Å². The van der Waals surface area contributed by atoms with Gasteiger partial charge < -0.3 is 5.32 Å². The zero-order valence-electron chi connectivity index (χ0n) is 13.2. The highest BCUT2D eigenvalue weighted by molar-refractivity contribution is 6.31. The molecule has 0 saturated heterocycles. The molecule has 0 spiro atoms. The zero-order chi connectivity index (χ0) is 17.6. The Balaban J connectivity index is 1.50. The van der Waals surface area contributed by atoms with Crippen LogP contribution < -0.4 is 5.32 Å². The van der Waals surface area contributed by atoms with Crippen molar-refractivity contribution in [2.45, 2.75) is 13.0 Å².